The molecule has 0 bridgehead atoms. The third-order valence-corrected chi connectivity index (χ3v) is 2.70. The minimum Gasteiger partial charge on any atom is -0.465 e. The first-order valence-electron chi connectivity index (χ1n) is 5.14. The molecule has 0 aromatic heterocycles. The van der Waals surface area contributed by atoms with Crippen molar-refractivity contribution in [3.05, 3.63) is 0 Å². The second-order valence-electron chi connectivity index (χ2n) is 4.91. The maximum atomic E-state index is 10.5. The first-order chi connectivity index (χ1) is 6.39. The summed E-state index contributed by atoms with van der Waals surface area (Å²) >= 11 is 0. The van der Waals surface area contributed by atoms with Crippen LogP contribution in [0.25, 0.3) is 0 Å². The molecule has 1 amide bonds. The van der Waals surface area contributed by atoms with E-state index < -0.39 is 6.09 Å². The lowest BCUT2D eigenvalue weighted by atomic mass is 9.98. The SMILES string of the molecule is CC(C)(C)N1CCCC(NC(=O)O)C1. The van der Waals surface area contributed by atoms with Gasteiger partial charge in [0, 0.05) is 18.1 Å². The lowest BCUT2D eigenvalue weighted by Gasteiger charge is -2.41. The Morgan fingerprint density at radius 3 is 2.64 bits per heavy atom. The van der Waals surface area contributed by atoms with Crippen molar-refractivity contribution < 1.29 is 9.90 Å². The van der Waals surface area contributed by atoms with Crippen LogP contribution in [0.3, 0.4) is 0 Å². The van der Waals surface area contributed by atoms with Crippen LogP contribution in [0.1, 0.15) is 33.6 Å². The van der Waals surface area contributed by atoms with Gasteiger partial charge in [-0.15, -0.1) is 0 Å². The summed E-state index contributed by atoms with van der Waals surface area (Å²) < 4.78 is 0. The average molecular weight is 200 g/mol. The van der Waals surface area contributed by atoms with Crippen molar-refractivity contribution in [2.45, 2.75) is 45.2 Å². The van der Waals surface area contributed by atoms with Crippen LogP contribution in [0.2, 0.25) is 0 Å². The number of hydrogen-bond donors (Lipinski definition) is 2. The fraction of sp³-hybridized carbons (Fsp3) is 0.900. The summed E-state index contributed by atoms with van der Waals surface area (Å²) in [5, 5.41) is 11.2. The first-order valence-corrected chi connectivity index (χ1v) is 5.14. The van der Waals surface area contributed by atoms with Crippen molar-refractivity contribution in [3.63, 3.8) is 0 Å². The van der Waals surface area contributed by atoms with Crippen molar-refractivity contribution in [3.8, 4) is 0 Å². The summed E-state index contributed by atoms with van der Waals surface area (Å²) in [6.45, 7) is 8.39. The molecule has 0 radical (unpaired) electrons. The van der Waals surface area contributed by atoms with Gasteiger partial charge in [0.25, 0.3) is 0 Å². The summed E-state index contributed by atoms with van der Waals surface area (Å²) in [6.07, 6.45) is 1.12. The molecule has 1 heterocycles. The van der Waals surface area contributed by atoms with Gasteiger partial charge < -0.3 is 10.4 Å². The molecule has 1 rings (SSSR count). The van der Waals surface area contributed by atoms with Crippen LogP contribution in [0, 0.1) is 0 Å². The zero-order valence-electron chi connectivity index (χ0n) is 9.21. The number of carbonyl (C=O) groups is 1. The van der Waals surface area contributed by atoms with Crippen molar-refractivity contribution in [1.82, 2.24) is 10.2 Å². The van der Waals surface area contributed by atoms with Crippen molar-refractivity contribution in [1.29, 1.82) is 0 Å². The van der Waals surface area contributed by atoms with Crippen molar-refractivity contribution in [2.24, 2.45) is 0 Å². The molecule has 0 aliphatic carbocycles. The highest BCUT2D eigenvalue weighted by atomic mass is 16.4. The van der Waals surface area contributed by atoms with E-state index in [0.717, 1.165) is 25.9 Å². The molecular formula is C10H20N2O2. The van der Waals surface area contributed by atoms with Crippen LogP contribution in [0.5, 0.6) is 0 Å². The van der Waals surface area contributed by atoms with Crippen LogP contribution >= 0.6 is 0 Å². The number of rotatable bonds is 1. The first kappa shape index (κ1) is 11.3. The van der Waals surface area contributed by atoms with Gasteiger partial charge in [0.15, 0.2) is 0 Å². The molecule has 4 heteroatoms. The Hall–Kier alpha value is -0.770. The Morgan fingerprint density at radius 2 is 2.14 bits per heavy atom. The van der Waals surface area contributed by atoms with E-state index >= 15 is 0 Å². The zero-order valence-corrected chi connectivity index (χ0v) is 9.21. The van der Waals surface area contributed by atoms with E-state index in [1.54, 1.807) is 0 Å². The maximum Gasteiger partial charge on any atom is 0.404 e. The minimum atomic E-state index is -0.911. The average Bonchev–Trinajstić information content (AvgIpc) is 2.01. The molecule has 0 saturated carbocycles. The Bertz CT molecular complexity index is 211. The van der Waals surface area contributed by atoms with Crippen LogP contribution in [-0.2, 0) is 0 Å². The van der Waals surface area contributed by atoms with Gasteiger partial charge in [-0.1, -0.05) is 0 Å². The van der Waals surface area contributed by atoms with E-state index in [4.69, 9.17) is 5.11 Å². The van der Waals surface area contributed by atoms with Gasteiger partial charge in [0.05, 0.1) is 0 Å². The van der Waals surface area contributed by atoms with Gasteiger partial charge >= 0.3 is 6.09 Å². The van der Waals surface area contributed by atoms with Crippen LogP contribution < -0.4 is 5.32 Å². The third kappa shape index (κ3) is 3.18. The fourth-order valence-electron chi connectivity index (χ4n) is 1.88. The molecule has 4 nitrogen and oxygen atoms in total. The highest BCUT2D eigenvalue weighted by Crippen LogP contribution is 2.19. The largest absolute Gasteiger partial charge is 0.465 e. The number of likely N-dealkylation sites (tertiary alicyclic amines) is 1. The molecule has 1 aliphatic rings. The molecular weight excluding hydrogens is 180 g/mol. The monoisotopic (exact) mass is 200 g/mol. The fourth-order valence-corrected chi connectivity index (χ4v) is 1.88. The van der Waals surface area contributed by atoms with Crippen molar-refractivity contribution >= 4 is 6.09 Å². The Morgan fingerprint density at radius 1 is 1.50 bits per heavy atom. The lowest BCUT2D eigenvalue weighted by Crippen LogP contribution is -2.53. The second-order valence-corrected chi connectivity index (χ2v) is 4.91. The van der Waals surface area contributed by atoms with E-state index in [-0.39, 0.29) is 11.6 Å². The summed E-state index contributed by atoms with van der Waals surface area (Å²) in [6, 6.07) is 0.0977. The van der Waals surface area contributed by atoms with E-state index in [1.165, 1.54) is 0 Å². The number of piperidine rings is 1. The zero-order chi connectivity index (χ0) is 10.8. The molecule has 1 aliphatic heterocycles. The number of amides is 1. The van der Waals surface area contributed by atoms with Gasteiger partial charge in [0.2, 0.25) is 0 Å². The number of nitrogens with zero attached hydrogens (tertiary/aromatic N) is 1. The highest BCUT2D eigenvalue weighted by molar-refractivity contribution is 5.64. The molecule has 1 saturated heterocycles. The van der Waals surface area contributed by atoms with Gasteiger partial charge in [-0.2, -0.15) is 0 Å². The van der Waals surface area contributed by atoms with Gasteiger partial charge in [0.1, 0.15) is 0 Å². The normalized spacial score (nSPS) is 24.6. The van der Waals surface area contributed by atoms with Crippen molar-refractivity contribution in [2.75, 3.05) is 13.1 Å². The van der Waals surface area contributed by atoms with Crippen LogP contribution in [0.15, 0.2) is 0 Å². The van der Waals surface area contributed by atoms with E-state index in [1.807, 2.05) is 0 Å². The van der Waals surface area contributed by atoms with E-state index in [9.17, 15) is 4.79 Å². The number of nitrogens with one attached hydrogen (secondary N) is 1. The lowest BCUT2D eigenvalue weighted by molar-refractivity contribution is 0.0891. The maximum absolute atomic E-state index is 10.5. The molecule has 1 atom stereocenters. The van der Waals surface area contributed by atoms with Gasteiger partial charge in [-0.25, -0.2) is 4.79 Å². The minimum absolute atomic E-state index is 0.0977. The standard InChI is InChI=1S/C10H20N2O2/c1-10(2,3)12-6-4-5-8(7-12)11-9(13)14/h8,11H,4-7H2,1-3H3,(H,13,14). The predicted octanol–water partition coefficient (Wildman–Crippen LogP) is 1.52. The number of hydrogen-bond acceptors (Lipinski definition) is 2. The second kappa shape index (κ2) is 4.17. The molecule has 1 fully saturated rings. The topological polar surface area (TPSA) is 52.6 Å². The van der Waals surface area contributed by atoms with Gasteiger partial charge in [-0.05, 0) is 40.2 Å². The number of carboxylic acid groups (broad SMARTS) is 1. The Balaban J connectivity index is 2.48. The Kier molecular flexibility index (Phi) is 3.37. The van der Waals surface area contributed by atoms with Crippen LogP contribution in [0.4, 0.5) is 4.79 Å². The summed E-state index contributed by atoms with van der Waals surface area (Å²) in [4.78, 5) is 12.8. The van der Waals surface area contributed by atoms with E-state index in [2.05, 4.69) is 31.0 Å². The molecule has 1 unspecified atom stereocenters. The summed E-state index contributed by atoms with van der Waals surface area (Å²) in [7, 11) is 0. The quantitative estimate of drug-likeness (QED) is 0.674. The van der Waals surface area contributed by atoms with Crippen LogP contribution in [-0.4, -0.2) is 40.8 Å². The molecule has 0 aromatic rings. The predicted molar refractivity (Wildman–Crippen MR) is 55.5 cm³/mol. The van der Waals surface area contributed by atoms with E-state index in [0.29, 0.717) is 0 Å². The Labute approximate surface area is 85.3 Å². The molecule has 0 spiro atoms. The smallest absolute Gasteiger partial charge is 0.404 e. The molecule has 82 valence electrons. The highest BCUT2D eigenvalue weighted by Gasteiger charge is 2.28. The molecule has 14 heavy (non-hydrogen) atoms. The summed E-state index contributed by atoms with van der Waals surface area (Å²) in [5.74, 6) is 0. The molecule has 0 aromatic carbocycles. The summed E-state index contributed by atoms with van der Waals surface area (Å²) in [5.41, 5.74) is 0.138. The molecule has 2 N–H and O–H groups in total. The third-order valence-electron chi connectivity index (χ3n) is 2.70. The van der Waals surface area contributed by atoms with Gasteiger partial charge in [-0.3, -0.25) is 4.90 Å².